The van der Waals surface area contributed by atoms with E-state index in [0.29, 0.717) is 16.9 Å². The second-order valence-corrected chi connectivity index (χ2v) is 6.96. The van der Waals surface area contributed by atoms with Gasteiger partial charge in [-0.25, -0.2) is 0 Å². The lowest BCUT2D eigenvalue weighted by molar-refractivity contribution is -0.131. The van der Waals surface area contributed by atoms with Crippen molar-refractivity contribution in [3.05, 3.63) is 76.5 Å². The minimum absolute atomic E-state index is 0.166. The van der Waals surface area contributed by atoms with Gasteiger partial charge in [-0.05, 0) is 41.8 Å². The van der Waals surface area contributed by atoms with Crippen molar-refractivity contribution in [1.29, 1.82) is 0 Å². The van der Waals surface area contributed by atoms with E-state index in [2.05, 4.69) is 10.6 Å². The number of hydrogen-bond acceptors (Lipinski definition) is 5. The summed E-state index contributed by atoms with van der Waals surface area (Å²) in [4.78, 5) is 36.9. The first-order valence-corrected chi connectivity index (χ1v) is 9.40. The van der Waals surface area contributed by atoms with Crippen LogP contribution in [0.5, 0.6) is 5.75 Å². The van der Waals surface area contributed by atoms with Crippen LogP contribution in [0.25, 0.3) is 0 Å². The zero-order chi connectivity index (χ0) is 19.9. The molecule has 28 heavy (non-hydrogen) atoms. The Hall–Kier alpha value is -3.45. The highest BCUT2D eigenvalue weighted by Crippen LogP contribution is 2.23. The van der Waals surface area contributed by atoms with Crippen molar-refractivity contribution in [1.82, 2.24) is 0 Å². The van der Waals surface area contributed by atoms with Crippen LogP contribution in [-0.2, 0) is 16.0 Å². The Labute approximate surface area is 166 Å². The van der Waals surface area contributed by atoms with Crippen LogP contribution in [0, 0.1) is 0 Å². The summed E-state index contributed by atoms with van der Waals surface area (Å²) in [7, 11) is 0. The Bertz CT molecular complexity index is 999. The Morgan fingerprint density at radius 3 is 2.36 bits per heavy atom. The van der Waals surface area contributed by atoms with Crippen LogP contribution in [0.4, 0.5) is 11.4 Å². The number of benzene rings is 2. The highest BCUT2D eigenvalue weighted by atomic mass is 32.1. The van der Waals surface area contributed by atoms with Gasteiger partial charge in [-0.2, -0.15) is 0 Å². The van der Waals surface area contributed by atoms with Crippen LogP contribution in [-0.4, -0.2) is 17.8 Å². The number of nitrogens with one attached hydrogen (secondary N) is 2. The van der Waals surface area contributed by atoms with Gasteiger partial charge in [0.15, 0.2) is 0 Å². The summed E-state index contributed by atoms with van der Waals surface area (Å²) in [6, 6.07) is 17.1. The predicted octanol–water partition coefficient (Wildman–Crippen LogP) is 4.11. The lowest BCUT2D eigenvalue weighted by Crippen LogP contribution is -2.17. The lowest BCUT2D eigenvalue weighted by Gasteiger charge is -2.12. The number of hydrogen-bond donors (Lipinski definition) is 2. The number of carbonyl (C=O) groups is 3. The highest BCUT2D eigenvalue weighted by molar-refractivity contribution is 7.10. The zero-order valence-electron chi connectivity index (χ0n) is 15.1. The molecular formula is C21H18N2O4S. The Morgan fingerprint density at radius 2 is 1.68 bits per heavy atom. The molecule has 3 aromatic rings. The number of anilines is 2. The molecule has 6 nitrogen and oxygen atoms in total. The van der Waals surface area contributed by atoms with Gasteiger partial charge in [0.1, 0.15) is 5.75 Å². The maximum Gasteiger partial charge on any atom is 0.308 e. The molecule has 0 spiro atoms. The third-order valence-electron chi connectivity index (χ3n) is 3.72. The molecule has 0 unspecified atom stereocenters. The summed E-state index contributed by atoms with van der Waals surface area (Å²) in [5, 5.41) is 7.52. The second kappa shape index (κ2) is 8.96. The fourth-order valence-corrected chi connectivity index (χ4v) is 3.23. The molecule has 3 rings (SSSR count). The van der Waals surface area contributed by atoms with E-state index in [1.165, 1.54) is 24.3 Å². The molecule has 0 atom stereocenters. The molecule has 0 fully saturated rings. The summed E-state index contributed by atoms with van der Waals surface area (Å²) in [6.07, 6.45) is 0.268. The highest BCUT2D eigenvalue weighted by Gasteiger charge is 2.12. The fourth-order valence-electron chi connectivity index (χ4n) is 2.53. The fraction of sp³-hybridized carbons (Fsp3) is 0.0952. The Morgan fingerprint density at radius 1 is 0.929 bits per heavy atom. The summed E-state index contributed by atoms with van der Waals surface area (Å²) in [6.45, 7) is 1.29. The van der Waals surface area contributed by atoms with Crippen molar-refractivity contribution in [2.24, 2.45) is 0 Å². The molecule has 0 radical (unpaired) electrons. The largest absolute Gasteiger partial charge is 0.427 e. The van der Waals surface area contributed by atoms with Crippen molar-refractivity contribution >= 4 is 40.5 Å². The van der Waals surface area contributed by atoms with Gasteiger partial charge in [0, 0.05) is 17.4 Å². The Kier molecular flexibility index (Phi) is 6.18. The average molecular weight is 394 g/mol. The molecule has 0 saturated heterocycles. The maximum atomic E-state index is 12.6. The van der Waals surface area contributed by atoms with Crippen LogP contribution < -0.4 is 15.4 Å². The van der Waals surface area contributed by atoms with E-state index in [0.717, 1.165) is 4.88 Å². The molecule has 2 aromatic carbocycles. The molecule has 1 aromatic heterocycles. The zero-order valence-corrected chi connectivity index (χ0v) is 15.9. The summed E-state index contributed by atoms with van der Waals surface area (Å²) in [5.41, 5.74) is 1.32. The molecule has 0 saturated carbocycles. The van der Waals surface area contributed by atoms with E-state index < -0.39 is 5.97 Å². The number of para-hydroxylation sites is 2. The second-order valence-electron chi connectivity index (χ2n) is 5.93. The number of rotatable bonds is 6. The molecule has 2 amide bonds. The minimum Gasteiger partial charge on any atom is -0.427 e. The van der Waals surface area contributed by atoms with Crippen molar-refractivity contribution in [2.45, 2.75) is 13.3 Å². The quantitative estimate of drug-likeness (QED) is 0.487. The smallest absolute Gasteiger partial charge is 0.308 e. The number of carbonyl (C=O) groups excluding carboxylic acids is 3. The monoisotopic (exact) mass is 394 g/mol. The topological polar surface area (TPSA) is 84.5 Å². The molecule has 1 heterocycles. The predicted molar refractivity (Wildman–Crippen MR) is 109 cm³/mol. The number of esters is 1. The standard InChI is InChI=1S/C21H18N2O4S/c1-14(24)27-16-7-4-6-15(12-16)21(26)23-19-10-3-2-9-18(19)22-20(25)13-17-8-5-11-28-17/h2-12H,13H2,1H3,(H,22,25)(H,23,26). The molecule has 142 valence electrons. The summed E-state index contributed by atoms with van der Waals surface area (Å²) >= 11 is 1.51. The third-order valence-corrected chi connectivity index (χ3v) is 4.60. The van der Waals surface area contributed by atoms with Crippen molar-refractivity contribution in [3.63, 3.8) is 0 Å². The third kappa shape index (κ3) is 5.28. The number of amides is 2. The number of thiophene rings is 1. The molecule has 0 aliphatic carbocycles. The van der Waals surface area contributed by atoms with Crippen LogP contribution in [0.1, 0.15) is 22.2 Å². The van der Waals surface area contributed by atoms with Gasteiger partial charge in [0.25, 0.3) is 5.91 Å². The summed E-state index contributed by atoms with van der Waals surface area (Å²) in [5.74, 6) is -0.719. The lowest BCUT2D eigenvalue weighted by atomic mass is 10.2. The molecule has 0 aliphatic rings. The molecular weight excluding hydrogens is 376 g/mol. The maximum absolute atomic E-state index is 12.6. The van der Waals surface area contributed by atoms with E-state index in [4.69, 9.17) is 4.74 Å². The minimum atomic E-state index is -0.462. The van der Waals surface area contributed by atoms with Crippen molar-refractivity contribution < 1.29 is 19.1 Å². The van der Waals surface area contributed by atoms with Gasteiger partial charge in [0.2, 0.25) is 5.91 Å². The van der Waals surface area contributed by atoms with Gasteiger partial charge in [-0.15, -0.1) is 11.3 Å². The van der Waals surface area contributed by atoms with Gasteiger partial charge >= 0.3 is 5.97 Å². The summed E-state index contributed by atoms with van der Waals surface area (Å²) < 4.78 is 5.01. The van der Waals surface area contributed by atoms with E-state index >= 15 is 0 Å². The molecule has 2 N–H and O–H groups in total. The van der Waals surface area contributed by atoms with Crippen molar-refractivity contribution in [3.8, 4) is 5.75 Å². The first-order valence-electron chi connectivity index (χ1n) is 8.52. The van der Waals surface area contributed by atoms with Crippen LogP contribution in [0.15, 0.2) is 66.0 Å². The normalized spacial score (nSPS) is 10.2. The first-order chi connectivity index (χ1) is 13.5. The first kappa shape index (κ1) is 19.3. The molecule has 0 aliphatic heterocycles. The van der Waals surface area contributed by atoms with E-state index in [1.54, 1.807) is 42.5 Å². The van der Waals surface area contributed by atoms with Gasteiger partial charge in [-0.1, -0.05) is 24.3 Å². The van der Waals surface area contributed by atoms with Gasteiger partial charge in [0.05, 0.1) is 17.8 Å². The van der Waals surface area contributed by atoms with Crippen LogP contribution in [0.2, 0.25) is 0 Å². The van der Waals surface area contributed by atoms with Gasteiger partial charge in [-0.3, -0.25) is 14.4 Å². The number of ether oxygens (including phenoxy) is 1. The van der Waals surface area contributed by atoms with E-state index in [9.17, 15) is 14.4 Å². The van der Waals surface area contributed by atoms with Crippen molar-refractivity contribution in [2.75, 3.05) is 10.6 Å². The van der Waals surface area contributed by atoms with E-state index in [1.807, 2.05) is 17.5 Å². The van der Waals surface area contributed by atoms with Gasteiger partial charge < -0.3 is 15.4 Å². The average Bonchev–Trinajstić information content (AvgIpc) is 3.16. The molecule has 0 bridgehead atoms. The Balaban J connectivity index is 1.71. The molecule has 7 heteroatoms. The van der Waals surface area contributed by atoms with Crippen LogP contribution >= 0.6 is 11.3 Å². The van der Waals surface area contributed by atoms with E-state index in [-0.39, 0.29) is 24.0 Å². The van der Waals surface area contributed by atoms with Crippen LogP contribution in [0.3, 0.4) is 0 Å². The SMILES string of the molecule is CC(=O)Oc1cccc(C(=O)Nc2ccccc2NC(=O)Cc2cccs2)c1.